The summed E-state index contributed by atoms with van der Waals surface area (Å²) < 4.78 is 14.0. The molecule has 0 spiro atoms. The maximum Gasteiger partial charge on any atom is 0.306 e. The van der Waals surface area contributed by atoms with E-state index in [1.807, 2.05) is 0 Å². The lowest BCUT2D eigenvalue weighted by atomic mass is 9.97. The van der Waals surface area contributed by atoms with Crippen molar-refractivity contribution in [2.45, 2.75) is 20.3 Å². The van der Waals surface area contributed by atoms with Gasteiger partial charge in [0.2, 0.25) is 0 Å². The van der Waals surface area contributed by atoms with Crippen LogP contribution in [0, 0.1) is 18.7 Å². The van der Waals surface area contributed by atoms with E-state index in [-0.39, 0.29) is 12.2 Å². The third-order valence-corrected chi connectivity index (χ3v) is 2.97. The minimum absolute atomic E-state index is 0.215. The second-order valence-corrected chi connectivity index (χ2v) is 4.45. The van der Waals surface area contributed by atoms with Crippen molar-refractivity contribution in [3.63, 3.8) is 0 Å². The molecule has 1 N–H and O–H groups in total. The zero-order chi connectivity index (χ0) is 11.6. The molecule has 0 saturated heterocycles. The van der Waals surface area contributed by atoms with Crippen molar-refractivity contribution < 1.29 is 14.3 Å². The fourth-order valence-corrected chi connectivity index (χ4v) is 1.70. The third-order valence-electron chi connectivity index (χ3n) is 2.36. The molecule has 0 saturated carbocycles. The molecule has 0 amide bonds. The summed E-state index contributed by atoms with van der Waals surface area (Å²) >= 11 is 3.08. The lowest BCUT2D eigenvalue weighted by Gasteiger charge is -2.11. The molecule has 1 aromatic rings. The molecular formula is C11H12BrFO2. The molecule has 0 bridgehead atoms. The molecule has 0 aliphatic heterocycles. The van der Waals surface area contributed by atoms with E-state index in [1.165, 1.54) is 0 Å². The van der Waals surface area contributed by atoms with E-state index in [2.05, 4.69) is 15.9 Å². The molecule has 0 aliphatic rings. The Morgan fingerprint density at radius 3 is 2.73 bits per heavy atom. The molecule has 1 atom stereocenters. The summed E-state index contributed by atoms with van der Waals surface area (Å²) in [6.07, 6.45) is 0.215. The highest BCUT2D eigenvalue weighted by atomic mass is 79.9. The number of hydrogen-bond acceptors (Lipinski definition) is 1. The molecule has 2 nitrogen and oxygen atoms in total. The Hall–Kier alpha value is -0.900. The molecule has 1 rings (SSSR count). The van der Waals surface area contributed by atoms with Gasteiger partial charge >= 0.3 is 5.97 Å². The van der Waals surface area contributed by atoms with Gasteiger partial charge in [-0.1, -0.05) is 13.0 Å². The van der Waals surface area contributed by atoms with Gasteiger partial charge in [-0.3, -0.25) is 4.79 Å². The number of carboxylic acid groups (broad SMARTS) is 1. The maximum atomic E-state index is 13.6. The zero-order valence-corrected chi connectivity index (χ0v) is 10.1. The standard InChI is InChI=1S/C11H12BrFO2/c1-6-3-4-9(12)10(13)8(6)5-7(2)11(14)15/h3-4,7H,5H2,1-2H3,(H,14,15). The van der Waals surface area contributed by atoms with Crippen LogP contribution in [0.3, 0.4) is 0 Å². The van der Waals surface area contributed by atoms with Crippen molar-refractivity contribution in [3.05, 3.63) is 33.5 Å². The van der Waals surface area contributed by atoms with Crippen molar-refractivity contribution in [2.24, 2.45) is 5.92 Å². The van der Waals surface area contributed by atoms with Gasteiger partial charge in [0, 0.05) is 0 Å². The van der Waals surface area contributed by atoms with Crippen LogP contribution in [0.25, 0.3) is 0 Å². The lowest BCUT2D eigenvalue weighted by Crippen LogP contribution is -2.14. The molecule has 4 heteroatoms. The predicted molar refractivity (Wildman–Crippen MR) is 59.3 cm³/mol. The summed E-state index contributed by atoms with van der Waals surface area (Å²) in [5.74, 6) is -1.84. The van der Waals surface area contributed by atoms with Crippen molar-refractivity contribution in [3.8, 4) is 0 Å². The molecule has 1 aromatic carbocycles. The Morgan fingerprint density at radius 2 is 2.20 bits per heavy atom. The van der Waals surface area contributed by atoms with E-state index in [9.17, 15) is 9.18 Å². The summed E-state index contributed by atoms with van der Waals surface area (Å²) in [5.41, 5.74) is 1.25. The molecule has 1 unspecified atom stereocenters. The van der Waals surface area contributed by atoms with Gasteiger partial charge in [0.15, 0.2) is 0 Å². The summed E-state index contributed by atoms with van der Waals surface area (Å²) in [6, 6.07) is 3.40. The quantitative estimate of drug-likeness (QED) is 0.920. The molecule has 0 heterocycles. The number of carboxylic acids is 1. The fraction of sp³-hybridized carbons (Fsp3) is 0.364. The number of benzene rings is 1. The number of hydrogen-bond donors (Lipinski definition) is 1. The first kappa shape index (κ1) is 12.2. The van der Waals surface area contributed by atoms with E-state index in [0.717, 1.165) is 5.56 Å². The van der Waals surface area contributed by atoms with Gasteiger partial charge in [-0.25, -0.2) is 4.39 Å². The highest BCUT2D eigenvalue weighted by molar-refractivity contribution is 9.10. The first-order valence-corrected chi connectivity index (χ1v) is 5.39. The zero-order valence-electron chi connectivity index (χ0n) is 8.55. The van der Waals surface area contributed by atoms with E-state index in [4.69, 9.17) is 5.11 Å². The summed E-state index contributed by atoms with van der Waals surface area (Å²) in [5, 5.41) is 8.76. The Morgan fingerprint density at radius 1 is 1.60 bits per heavy atom. The van der Waals surface area contributed by atoms with Gasteiger partial charge in [-0.15, -0.1) is 0 Å². The smallest absolute Gasteiger partial charge is 0.306 e. The van der Waals surface area contributed by atoms with Crippen molar-refractivity contribution in [2.75, 3.05) is 0 Å². The normalized spacial score (nSPS) is 12.5. The highest BCUT2D eigenvalue weighted by Gasteiger charge is 2.17. The molecule has 0 aromatic heterocycles. The van der Waals surface area contributed by atoms with Gasteiger partial charge in [-0.2, -0.15) is 0 Å². The number of aryl methyl sites for hydroxylation is 1. The van der Waals surface area contributed by atoms with Gasteiger partial charge in [-0.05, 0) is 46.5 Å². The van der Waals surface area contributed by atoms with Crippen molar-refractivity contribution in [1.82, 2.24) is 0 Å². The second-order valence-electron chi connectivity index (χ2n) is 3.60. The van der Waals surface area contributed by atoms with Crippen LogP contribution in [-0.4, -0.2) is 11.1 Å². The molecule has 0 fully saturated rings. The Labute approximate surface area is 96.2 Å². The number of halogens is 2. The topological polar surface area (TPSA) is 37.3 Å². The summed E-state index contributed by atoms with van der Waals surface area (Å²) in [7, 11) is 0. The lowest BCUT2D eigenvalue weighted by molar-refractivity contribution is -0.141. The molecule has 82 valence electrons. The van der Waals surface area contributed by atoms with Crippen LogP contribution in [0.15, 0.2) is 16.6 Å². The van der Waals surface area contributed by atoms with Crippen molar-refractivity contribution in [1.29, 1.82) is 0 Å². The molecule has 15 heavy (non-hydrogen) atoms. The first-order valence-electron chi connectivity index (χ1n) is 4.59. The fourth-order valence-electron chi connectivity index (χ4n) is 1.33. The van der Waals surface area contributed by atoms with E-state index in [1.54, 1.807) is 26.0 Å². The van der Waals surface area contributed by atoms with Crippen LogP contribution < -0.4 is 0 Å². The Bertz CT molecular complexity index is 390. The predicted octanol–water partition coefficient (Wildman–Crippen LogP) is 3.16. The van der Waals surface area contributed by atoms with E-state index >= 15 is 0 Å². The Balaban J connectivity index is 3.03. The Kier molecular flexibility index (Phi) is 3.85. The monoisotopic (exact) mass is 274 g/mol. The van der Waals surface area contributed by atoms with Crippen LogP contribution in [0.5, 0.6) is 0 Å². The van der Waals surface area contributed by atoms with Crippen LogP contribution in [0.1, 0.15) is 18.1 Å². The average Bonchev–Trinajstić information content (AvgIpc) is 2.18. The van der Waals surface area contributed by atoms with Gasteiger partial charge in [0.1, 0.15) is 5.82 Å². The number of rotatable bonds is 3. The van der Waals surface area contributed by atoms with Crippen LogP contribution in [0.4, 0.5) is 4.39 Å². The minimum atomic E-state index is -0.909. The van der Waals surface area contributed by atoms with Gasteiger partial charge in [0.05, 0.1) is 10.4 Å². The van der Waals surface area contributed by atoms with Crippen LogP contribution in [0.2, 0.25) is 0 Å². The van der Waals surface area contributed by atoms with Crippen molar-refractivity contribution >= 4 is 21.9 Å². The largest absolute Gasteiger partial charge is 0.481 e. The third kappa shape index (κ3) is 2.78. The van der Waals surface area contributed by atoms with Crippen LogP contribution in [-0.2, 0) is 11.2 Å². The number of aliphatic carboxylic acids is 1. The number of carbonyl (C=O) groups is 1. The van der Waals surface area contributed by atoms with Gasteiger partial charge in [0.25, 0.3) is 0 Å². The molecule has 0 radical (unpaired) electrons. The maximum absolute atomic E-state index is 13.6. The second kappa shape index (κ2) is 4.75. The molecule has 0 aliphatic carbocycles. The summed E-state index contributed by atoms with van der Waals surface area (Å²) in [6.45, 7) is 3.35. The first-order chi connectivity index (χ1) is 6.93. The van der Waals surface area contributed by atoms with E-state index < -0.39 is 11.9 Å². The molecular weight excluding hydrogens is 263 g/mol. The van der Waals surface area contributed by atoms with E-state index in [0.29, 0.717) is 10.0 Å². The highest BCUT2D eigenvalue weighted by Crippen LogP contribution is 2.24. The average molecular weight is 275 g/mol. The van der Waals surface area contributed by atoms with Gasteiger partial charge < -0.3 is 5.11 Å². The van der Waals surface area contributed by atoms with Crippen LogP contribution >= 0.6 is 15.9 Å². The minimum Gasteiger partial charge on any atom is -0.481 e. The summed E-state index contributed by atoms with van der Waals surface area (Å²) in [4.78, 5) is 10.7. The SMILES string of the molecule is Cc1ccc(Br)c(F)c1CC(C)C(=O)O.